The van der Waals surface area contributed by atoms with E-state index in [9.17, 15) is 79.2 Å². The number of aliphatic hydroxyl groups excluding tert-OH is 6. The summed E-state index contributed by atoms with van der Waals surface area (Å²) < 4.78 is 22.9. The molecular weight excluding hydrogens is 1190 g/mol. The molecule has 3 aromatic carbocycles. The van der Waals surface area contributed by atoms with Crippen molar-refractivity contribution >= 4 is 94.1 Å². The van der Waals surface area contributed by atoms with Crippen LogP contribution in [-0.4, -0.2) is 223 Å². The Morgan fingerprint density at radius 1 is 0.536 bits per heavy atom. The first-order chi connectivity index (χ1) is 39.9. The van der Waals surface area contributed by atoms with E-state index in [-0.39, 0.29) is 50.3 Å². The first-order valence-corrected chi connectivity index (χ1v) is 29.6. The summed E-state index contributed by atoms with van der Waals surface area (Å²) in [5.41, 5.74) is 0.998. The predicted octanol–water partition coefficient (Wildman–Crippen LogP) is -0.0928. The molecule has 2 fully saturated rings. The highest BCUT2D eigenvalue weighted by Gasteiger charge is 2.57. The lowest BCUT2D eigenvalue weighted by Crippen LogP contribution is -2.68. The van der Waals surface area contributed by atoms with Gasteiger partial charge in [-0.2, -0.15) is 23.5 Å². The lowest BCUT2D eigenvalue weighted by atomic mass is 9.88. The van der Waals surface area contributed by atoms with Gasteiger partial charge in [0.15, 0.2) is 0 Å². The van der Waals surface area contributed by atoms with Gasteiger partial charge in [0.2, 0.25) is 11.8 Å². The Hall–Kier alpha value is -5.70. The summed E-state index contributed by atoms with van der Waals surface area (Å²) in [7, 11) is 0. The molecule has 84 heavy (non-hydrogen) atoms. The van der Waals surface area contributed by atoms with Gasteiger partial charge in [-0.05, 0) is 97.1 Å². The zero-order valence-corrected chi connectivity index (χ0v) is 48.8. The third kappa shape index (κ3) is 20.2. The Kier molecular flexibility index (Phi) is 27.4. The van der Waals surface area contributed by atoms with Crippen LogP contribution in [0.4, 0.5) is 0 Å². The summed E-state index contributed by atoms with van der Waals surface area (Å²) in [5.74, 6) is -9.75. The van der Waals surface area contributed by atoms with Crippen LogP contribution in [0.2, 0.25) is 10.0 Å². The van der Waals surface area contributed by atoms with Gasteiger partial charge in [0.1, 0.15) is 24.4 Å². The molecular formula is C54H70Cl2N6O20S2. The van der Waals surface area contributed by atoms with Gasteiger partial charge >= 0.3 is 11.9 Å². The number of carbonyl (C=O) groups is 8. The van der Waals surface area contributed by atoms with Crippen molar-refractivity contribution in [2.75, 3.05) is 62.4 Å². The molecule has 2 heterocycles. The standard InChI is InChI=1S/C54H70Cl2N6O20S2/c1-29(63)61-41-37(65)25-53(51(75)76,81-45(41)43(69)39(67)27-59-49(73)33-9-13-35(55)14-10-33)79-19-3-21-83-23-17-57-47(71)31-5-7-32(8-6-31)48(72)58-18-24-84-22-4-20-80-54(52(77)78)26-38(66)42(62-30(2)64)46(82-54)44(70)40(68)28-60-50(74)34-11-15-36(56)16-12-34/h5-16,37-46,65-70H,3-4,17-28H2,1-2H3,(H,57,71)(H,58,72)(H,59,73)(H,60,74)(H,61,63)(H,62,64)(H,75,76)(H,77,78)/t37-,38-,39-,40+,41+,42+,43+,44+,45+,46+,53+,54+/m0/s1. The zero-order valence-electron chi connectivity index (χ0n) is 45.7. The lowest BCUT2D eigenvalue weighted by molar-refractivity contribution is -0.310. The van der Waals surface area contributed by atoms with Crippen molar-refractivity contribution in [2.24, 2.45) is 0 Å². The Morgan fingerprint density at radius 3 is 1.15 bits per heavy atom. The van der Waals surface area contributed by atoms with Crippen LogP contribution in [0.5, 0.6) is 0 Å². The van der Waals surface area contributed by atoms with Crippen molar-refractivity contribution in [2.45, 2.75) is 112 Å². The van der Waals surface area contributed by atoms with Gasteiger partial charge in [-0.1, -0.05) is 23.2 Å². The normalized spacial score (nSPS) is 23.6. The van der Waals surface area contributed by atoms with E-state index in [2.05, 4.69) is 31.9 Å². The van der Waals surface area contributed by atoms with E-state index in [0.29, 0.717) is 44.2 Å². The zero-order chi connectivity index (χ0) is 61.7. The van der Waals surface area contributed by atoms with Gasteiger partial charge in [0.25, 0.3) is 35.2 Å². The largest absolute Gasteiger partial charge is 0.477 e. The number of aliphatic carboxylic acids is 2. The number of rotatable bonds is 32. The minimum absolute atomic E-state index is 0.186. The molecule has 2 saturated heterocycles. The molecule has 2 aliphatic rings. The number of hydrogen-bond acceptors (Lipinski definition) is 20. The van der Waals surface area contributed by atoms with E-state index in [1.165, 1.54) is 96.3 Å². The van der Waals surface area contributed by atoms with Crippen LogP contribution in [-0.2, 0) is 38.1 Å². The third-order valence-corrected chi connectivity index (χ3v) is 15.8. The van der Waals surface area contributed by atoms with Gasteiger partial charge in [0.05, 0.1) is 49.7 Å². The number of aliphatic hydroxyl groups is 6. The van der Waals surface area contributed by atoms with E-state index in [1.807, 2.05) is 0 Å². The maximum atomic E-state index is 12.9. The fraction of sp³-hybridized carbons (Fsp3) is 0.519. The van der Waals surface area contributed by atoms with Crippen LogP contribution < -0.4 is 31.9 Å². The van der Waals surface area contributed by atoms with Crippen LogP contribution in [0, 0.1) is 0 Å². The van der Waals surface area contributed by atoms with Crippen LogP contribution in [0.25, 0.3) is 0 Å². The van der Waals surface area contributed by atoms with Crippen molar-refractivity contribution in [3.8, 4) is 0 Å². The summed E-state index contributed by atoms with van der Waals surface area (Å²) in [6.07, 6.45) is -14.7. The molecule has 5 rings (SSSR count). The summed E-state index contributed by atoms with van der Waals surface area (Å²) in [4.78, 5) is 100. The van der Waals surface area contributed by atoms with Gasteiger partial charge in [-0.25, -0.2) is 9.59 Å². The highest BCUT2D eigenvalue weighted by atomic mass is 35.5. The topological polar surface area (TPSA) is 408 Å². The average Bonchev–Trinajstić information content (AvgIpc) is 3.66. The highest BCUT2D eigenvalue weighted by molar-refractivity contribution is 7.99. The molecule has 462 valence electrons. The summed E-state index contributed by atoms with van der Waals surface area (Å²) in [6, 6.07) is 14.9. The molecule has 0 aromatic heterocycles. The number of amides is 6. The molecule has 30 heteroatoms. The summed E-state index contributed by atoms with van der Waals surface area (Å²) in [5, 5.41) is 103. The van der Waals surface area contributed by atoms with Crippen molar-refractivity contribution in [3.63, 3.8) is 0 Å². The van der Waals surface area contributed by atoms with E-state index in [4.69, 9.17) is 42.1 Å². The molecule has 0 saturated carbocycles. The Bertz CT molecular complexity index is 2530. The van der Waals surface area contributed by atoms with Gasteiger partial charge in [-0.15, -0.1) is 0 Å². The van der Waals surface area contributed by atoms with E-state index >= 15 is 0 Å². The number of benzene rings is 3. The number of thioether (sulfide) groups is 2. The number of carboxylic acids is 2. The smallest absolute Gasteiger partial charge is 0.364 e. The van der Waals surface area contributed by atoms with E-state index in [0.717, 1.165) is 13.8 Å². The monoisotopic (exact) mass is 1260 g/mol. The number of halogens is 2. The predicted molar refractivity (Wildman–Crippen MR) is 305 cm³/mol. The SMILES string of the molecule is CC(=O)N[C@H]1[C@H]([C@H](O)[C@H](O)CNC(=O)c2ccc(Cl)cc2)O[C@@](OCCCSCCNC(=O)c2ccc(C(=O)NCCSCCCO[C@]3(C(=O)O)C[C@H](O)[C@@H](NC(C)=O)[C@H]([C@H](O)[C@@H](O)CNC(=O)c4ccc(Cl)cc4)O3)cc2)(C(=O)O)C[C@@H]1O. The fourth-order valence-electron chi connectivity index (χ4n) is 8.83. The van der Waals surface area contributed by atoms with Crippen molar-refractivity contribution in [3.05, 3.63) is 105 Å². The molecule has 0 bridgehead atoms. The maximum Gasteiger partial charge on any atom is 0.364 e. The molecule has 2 aliphatic heterocycles. The molecule has 26 nitrogen and oxygen atoms in total. The first kappa shape index (κ1) is 69.1. The second kappa shape index (κ2) is 33.3. The van der Waals surface area contributed by atoms with E-state index < -0.39 is 146 Å². The number of nitrogens with one attached hydrogen (secondary N) is 6. The second-order valence-corrected chi connectivity index (χ2v) is 22.9. The van der Waals surface area contributed by atoms with Crippen molar-refractivity contribution in [1.82, 2.24) is 31.9 Å². The van der Waals surface area contributed by atoms with Gasteiger partial charge in [-0.3, -0.25) is 28.8 Å². The molecule has 0 aliphatic carbocycles. The Labute approximate surface area is 501 Å². The number of carboxylic acid groups (broad SMARTS) is 2. The second-order valence-electron chi connectivity index (χ2n) is 19.5. The molecule has 14 N–H and O–H groups in total. The molecule has 0 radical (unpaired) electrons. The lowest BCUT2D eigenvalue weighted by Gasteiger charge is -2.46. The molecule has 3 aromatic rings. The van der Waals surface area contributed by atoms with Crippen LogP contribution in [0.1, 0.15) is 81.0 Å². The summed E-state index contributed by atoms with van der Waals surface area (Å²) in [6.45, 7) is 1.36. The molecule has 0 spiro atoms. The van der Waals surface area contributed by atoms with Gasteiger partial charge < -0.3 is 91.7 Å². The third-order valence-electron chi connectivity index (χ3n) is 13.2. The van der Waals surface area contributed by atoms with Crippen LogP contribution >= 0.6 is 46.7 Å². The minimum atomic E-state index is -2.49. The Balaban J connectivity index is 0.979. The van der Waals surface area contributed by atoms with Crippen molar-refractivity contribution < 1.29 is 98.2 Å². The average molecular weight is 1260 g/mol. The van der Waals surface area contributed by atoms with E-state index in [1.54, 1.807) is 0 Å². The first-order valence-electron chi connectivity index (χ1n) is 26.5. The maximum absolute atomic E-state index is 12.9. The summed E-state index contributed by atoms with van der Waals surface area (Å²) >= 11 is 14.6. The van der Waals surface area contributed by atoms with Crippen LogP contribution in [0.15, 0.2) is 72.8 Å². The molecule has 0 unspecified atom stereocenters. The van der Waals surface area contributed by atoms with Crippen molar-refractivity contribution in [1.29, 1.82) is 0 Å². The fourth-order valence-corrected chi connectivity index (χ4v) is 10.6. The number of carbonyl (C=O) groups excluding carboxylic acids is 6. The Morgan fingerprint density at radius 2 is 0.845 bits per heavy atom. The minimum Gasteiger partial charge on any atom is -0.477 e. The van der Waals surface area contributed by atoms with Crippen LogP contribution in [0.3, 0.4) is 0 Å². The molecule has 12 atom stereocenters. The number of hydrogen-bond donors (Lipinski definition) is 14. The highest BCUT2D eigenvalue weighted by Crippen LogP contribution is 2.35. The number of ether oxygens (including phenoxy) is 4. The quantitative estimate of drug-likeness (QED) is 0.0363. The molecule has 6 amide bonds. The van der Waals surface area contributed by atoms with Gasteiger partial charge in [0, 0.05) is 96.7 Å².